The zero-order chi connectivity index (χ0) is 15.1. The summed E-state index contributed by atoms with van der Waals surface area (Å²) in [6, 6.07) is 10.2. The number of nitrogens with zero attached hydrogens (tertiary/aromatic N) is 2. The highest BCUT2D eigenvalue weighted by Crippen LogP contribution is 2.13. The van der Waals surface area contributed by atoms with E-state index >= 15 is 0 Å². The van der Waals surface area contributed by atoms with Gasteiger partial charge >= 0.3 is 0 Å². The van der Waals surface area contributed by atoms with Crippen molar-refractivity contribution in [3.05, 3.63) is 42.1 Å². The first-order valence-corrected chi connectivity index (χ1v) is 7.17. The summed E-state index contributed by atoms with van der Waals surface area (Å²) in [5.41, 5.74) is 1.15. The molecule has 1 heterocycles. The first-order chi connectivity index (χ1) is 10.2. The summed E-state index contributed by atoms with van der Waals surface area (Å²) in [5.74, 6) is 2.32. The molecule has 0 aliphatic carbocycles. The van der Waals surface area contributed by atoms with Crippen molar-refractivity contribution in [3.8, 4) is 5.75 Å². The molecule has 1 aromatic heterocycles. The third-order valence-electron chi connectivity index (χ3n) is 3.27. The van der Waals surface area contributed by atoms with E-state index < -0.39 is 0 Å². The maximum absolute atomic E-state index is 5.14. The zero-order valence-corrected chi connectivity index (χ0v) is 12.8. The molecule has 112 valence electrons. The molecule has 0 radical (unpaired) electrons. The van der Waals surface area contributed by atoms with Crippen LogP contribution in [0.3, 0.4) is 0 Å². The Morgan fingerprint density at radius 3 is 2.62 bits per heavy atom. The number of ether oxygens (including phenoxy) is 1. The molecule has 0 aliphatic heterocycles. The van der Waals surface area contributed by atoms with Gasteiger partial charge in [0.05, 0.1) is 7.11 Å². The summed E-state index contributed by atoms with van der Waals surface area (Å²) < 4.78 is 5.14. The number of hydrogen-bond acceptors (Lipinski definition) is 5. The first-order valence-electron chi connectivity index (χ1n) is 7.17. The number of benzene rings is 1. The lowest BCUT2D eigenvalue weighted by molar-refractivity contribution is 0.414. The van der Waals surface area contributed by atoms with E-state index in [9.17, 15) is 0 Å². The Balaban J connectivity index is 1.94. The molecule has 1 unspecified atom stereocenters. The van der Waals surface area contributed by atoms with Crippen LogP contribution >= 0.6 is 0 Å². The molecule has 0 saturated heterocycles. The van der Waals surface area contributed by atoms with Crippen LogP contribution in [-0.2, 0) is 6.54 Å². The first kappa shape index (κ1) is 15.1. The molecule has 2 aromatic rings. The van der Waals surface area contributed by atoms with Gasteiger partial charge in [-0.1, -0.05) is 19.1 Å². The van der Waals surface area contributed by atoms with Gasteiger partial charge in [0.25, 0.3) is 0 Å². The maximum Gasteiger partial charge on any atom is 0.224 e. The van der Waals surface area contributed by atoms with Gasteiger partial charge in [-0.05, 0) is 37.1 Å². The average Bonchev–Trinajstić information content (AvgIpc) is 2.53. The molecule has 0 bridgehead atoms. The third kappa shape index (κ3) is 4.63. The second kappa shape index (κ2) is 7.47. The molecule has 1 atom stereocenters. The number of aromatic nitrogens is 2. The van der Waals surface area contributed by atoms with E-state index in [0.29, 0.717) is 18.5 Å². The van der Waals surface area contributed by atoms with Crippen molar-refractivity contribution in [1.82, 2.24) is 9.97 Å². The minimum atomic E-state index is 0.398. The second-order valence-electron chi connectivity index (χ2n) is 4.92. The Kier molecular flexibility index (Phi) is 5.37. The van der Waals surface area contributed by atoms with Gasteiger partial charge in [0.15, 0.2) is 0 Å². The van der Waals surface area contributed by atoms with Gasteiger partial charge < -0.3 is 15.4 Å². The average molecular weight is 286 g/mol. The summed E-state index contributed by atoms with van der Waals surface area (Å²) in [7, 11) is 1.66. The van der Waals surface area contributed by atoms with Gasteiger partial charge in [0, 0.05) is 18.8 Å². The standard InChI is InChI=1S/C16H22N4O/c1-4-12(2)19-15-9-10-17-16(20-15)18-11-13-5-7-14(21-3)8-6-13/h5-10,12H,4,11H2,1-3H3,(H2,17,18,19,20). The van der Waals surface area contributed by atoms with Gasteiger partial charge in [-0.3, -0.25) is 0 Å². The highest BCUT2D eigenvalue weighted by molar-refractivity contribution is 5.40. The number of rotatable bonds is 7. The van der Waals surface area contributed by atoms with Gasteiger partial charge in [0.1, 0.15) is 11.6 Å². The Bertz CT molecular complexity index is 556. The van der Waals surface area contributed by atoms with Gasteiger partial charge in [-0.15, -0.1) is 0 Å². The summed E-state index contributed by atoms with van der Waals surface area (Å²) in [6.07, 6.45) is 2.81. The fourth-order valence-electron chi connectivity index (χ4n) is 1.80. The van der Waals surface area contributed by atoms with Crippen LogP contribution < -0.4 is 15.4 Å². The fourth-order valence-corrected chi connectivity index (χ4v) is 1.80. The number of hydrogen-bond donors (Lipinski definition) is 2. The molecular formula is C16H22N4O. The largest absolute Gasteiger partial charge is 0.497 e. The van der Waals surface area contributed by atoms with Crippen molar-refractivity contribution in [3.63, 3.8) is 0 Å². The van der Waals surface area contributed by atoms with Crippen LogP contribution in [0.1, 0.15) is 25.8 Å². The summed E-state index contributed by atoms with van der Waals surface area (Å²) in [5, 5.41) is 6.56. The Morgan fingerprint density at radius 2 is 1.95 bits per heavy atom. The summed E-state index contributed by atoms with van der Waals surface area (Å²) >= 11 is 0. The molecule has 1 aromatic carbocycles. The van der Waals surface area contributed by atoms with E-state index in [-0.39, 0.29) is 0 Å². The number of anilines is 2. The van der Waals surface area contributed by atoms with E-state index in [1.54, 1.807) is 13.3 Å². The Labute approximate surface area is 125 Å². The van der Waals surface area contributed by atoms with Gasteiger partial charge in [-0.25, -0.2) is 4.98 Å². The Morgan fingerprint density at radius 1 is 1.19 bits per heavy atom. The molecular weight excluding hydrogens is 264 g/mol. The van der Waals surface area contributed by atoms with Crippen LogP contribution in [0.4, 0.5) is 11.8 Å². The predicted molar refractivity (Wildman–Crippen MR) is 85.7 cm³/mol. The van der Waals surface area contributed by atoms with Crippen molar-refractivity contribution in [2.24, 2.45) is 0 Å². The molecule has 0 amide bonds. The second-order valence-corrected chi connectivity index (χ2v) is 4.92. The van der Waals surface area contributed by atoms with Crippen molar-refractivity contribution >= 4 is 11.8 Å². The molecule has 0 fully saturated rings. The lowest BCUT2D eigenvalue weighted by Gasteiger charge is -2.13. The molecule has 0 aliphatic rings. The lowest BCUT2D eigenvalue weighted by Crippen LogP contribution is -2.15. The molecule has 2 rings (SSSR count). The minimum Gasteiger partial charge on any atom is -0.497 e. The van der Waals surface area contributed by atoms with Crippen LogP contribution in [0.5, 0.6) is 5.75 Å². The van der Waals surface area contributed by atoms with E-state index in [1.807, 2.05) is 30.3 Å². The van der Waals surface area contributed by atoms with E-state index in [2.05, 4.69) is 34.4 Å². The molecule has 2 N–H and O–H groups in total. The van der Waals surface area contributed by atoms with Crippen LogP contribution in [0, 0.1) is 0 Å². The molecule has 5 heteroatoms. The van der Waals surface area contributed by atoms with Crippen LogP contribution in [0.2, 0.25) is 0 Å². The van der Waals surface area contributed by atoms with Crippen LogP contribution in [0.15, 0.2) is 36.5 Å². The van der Waals surface area contributed by atoms with E-state index in [1.165, 1.54) is 0 Å². The van der Waals surface area contributed by atoms with Gasteiger partial charge in [-0.2, -0.15) is 4.98 Å². The van der Waals surface area contributed by atoms with Crippen LogP contribution in [-0.4, -0.2) is 23.1 Å². The number of methoxy groups -OCH3 is 1. The van der Waals surface area contributed by atoms with Gasteiger partial charge in [0.2, 0.25) is 5.95 Å². The molecule has 0 spiro atoms. The fraction of sp³-hybridized carbons (Fsp3) is 0.375. The predicted octanol–water partition coefficient (Wildman–Crippen LogP) is 3.31. The summed E-state index contributed by atoms with van der Waals surface area (Å²) in [6.45, 7) is 4.95. The monoisotopic (exact) mass is 286 g/mol. The smallest absolute Gasteiger partial charge is 0.224 e. The molecule has 5 nitrogen and oxygen atoms in total. The molecule has 21 heavy (non-hydrogen) atoms. The van der Waals surface area contributed by atoms with E-state index in [0.717, 1.165) is 23.6 Å². The zero-order valence-electron chi connectivity index (χ0n) is 12.8. The van der Waals surface area contributed by atoms with E-state index in [4.69, 9.17) is 4.74 Å². The normalized spacial score (nSPS) is 11.8. The third-order valence-corrected chi connectivity index (χ3v) is 3.27. The van der Waals surface area contributed by atoms with Crippen molar-refractivity contribution in [1.29, 1.82) is 0 Å². The van der Waals surface area contributed by atoms with Crippen molar-refractivity contribution < 1.29 is 4.74 Å². The molecule has 0 saturated carbocycles. The van der Waals surface area contributed by atoms with Crippen LogP contribution in [0.25, 0.3) is 0 Å². The number of nitrogens with one attached hydrogen (secondary N) is 2. The lowest BCUT2D eigenvalue weighted by atomic mass is 10.2. The Hall–Kier alpha value is -2.30. The minimum absolute atomic E-state index is 0.398. The highest BCUT2D eigenvalue weighted by atomic mass is 16.5. The van der Waals surface area contributed by atoms with Crippen molar-refractivity contribution in [2.45, 2.75) is 32.9 Å². The summed E-state index contributed by atoms with van der Waals surface area (Å²) in [4.78, 5) is 8.69. The quantitative estimate of drug-likeness (QED) is 0.817. The SMILES string of the molecule is CCC(C)Nc1ccnc(NCc2ccc(OC)cc2)n1. The van der Waals surface area contributed by atoms with Crippen molar-refractivity contribution in [2.75, 3.05) is 17.7 Å². The highest BCUT2D eigenvalue weighted by Gasteiger charge is 2.02. The topological polar surface area (TPSA) is 59.1 Å². The maximum atomic E-state index is 5.14.